The van der Waals surface area contributed by atoms with E-state index >= 15 is 0 Å². The van der Waals surface area contributed by atoms with Crippen molar-refractivity contribution in [3.63, 3.8) is 0 Å². The predicted molar refractivity (Wildman–Crippen MR) is 130 cm³/mol. The highest BCUT2D eigenvalue weighted by atomic mass is 16.8. The van der Waals surface area contributed by atoms with Crippen LogP contribution in [0, 0.1) is 0 Å². The van der Waals surface area contributed by atoms with E-state index in [2.05, 4.69) is 15.0 Å². The zero-order valence-corrected chi connectivity index (χ0v) is 21.0. The summed E-state index contributed by atoms with van der Waals surface area (Å²) >= 11 is 0. The van der Waals surface area contributed by atoms with E-state index in [-0.39, 0.29) is 16.7 Å². The van der Waals surface area contributed by atoms with Gasteiger partial charge in [-0.05, 0) is 50.2 Å². The Bertz CT molecular complexity index is 1310. The standard InChI is InChI=1S/C27H25N3O9/c1-27(2)38-22-21(36-25(33)18-8-5-11-30-14-18)20(37-26(22)39-27)19(35-24(32)17-7-4-10-29-13-17)15-34-23(31)16-6-3-9-28-12-16/h3-14,19-22,26H,15H2,1-2H3/t19-,20-,21+,22-,26-/m1/s1. The molecule has 0 amide bonds. The summed E-state index contributed by atoms with van der Waals surface area (Å²) in [4.78, 5) is 50.4. The highest BCUT2D eigenvalue weighted by Crippen LogP contribution is 2.40. The van der Waals surface area contributed by atoms with Gasteiger partial charge >= 0.3 is 17.9 Å². The summed E-state index contributed by atoms with van der Waals surface area (Å²) in [5, 5.41) is 0. The summed E-state index contributed by atoms with van der Waals surface area (Å²) in [6.07, 6.45) is 3.38. The van der Waals surface area contributed by atoms with Crippen LogP contribution >= 0.6 is 0 Å². The first-order valence-corrected chi connectivity index (χ1v) is 12.1. The number of fused-ring (bicyclic) bond motifs is 1. The van der Waals surface area contributed by atoms with Crippen molar-refractivity contribution in [3.8, 4) is 0 Å². The number of hydrogen-bond acceptors (Lipinski definition) is 12. The van der Waals surface area contributed by atoms with E-state index in [1.165, 1.54) is 49.3 Å². The van der Waals surface area contributed by atoms with Gasteiger partial charge in [-0.3, -0.25) is 15.0 Å². The summed E-state index contributed by atoms with van der Waals surface area (Å²) in [7, 11) is 0. The molecule has 3 aromatic heterocycles. The second-order valence-corrected chi connectivity index (χ2v) is 9.21. The topological polar surface area (TPSA) is 145 Å². The van der Waals surface area contributed by atoms with E-state index in [1.54, 1.807) is 38.1 Å². The minimum Gasteiger partial charge on any atom is -0.458 e. The van der Waals surface area contributed by atoms with Crippen LogP contribution in [0.1, 0.15) is 44.9 Å². The Hall–Kier alpha value is -4.26. The quantitative estimate of drug-likeness (QED) is 0.308. The molecular formula is C27H25N3O9. The molecule has 0 unspecified atom stereocenters. The number of rotatable bonds is 8. The van der Waals surface area contributed by atoms with Gasteiger partial charge in [0.15, 0.2) is 30.4 Å². The smallest absolute Gasteiger partial charge is 0.340 e. The van der Waals surface area contributed by atoms with Crippen molar-refractivity contribution < 1.29 is 42.8 Å². The van der Waals surface area contributed by atoms with Crippen molar-refractivity contribution in [3.05, 3.63) is 90.3 Å². The van der Waals surface area contributed by atoms with Gasteiger partial charge in [-0.1, -0.05) is 0 Å². The molecule has 2 aliphatic heterocycles. The Morgan fingerprint density at radius 1 is 0.846 bits per heavy atom. The summed E-state index contributed by atoms with van der Waals surface area (Å²) in [6.45, 7) is 2.96. The molecule has 0 aliphatic carbocycles. The monoisotopic (exact) mass is 535 g/mol. The molecule has 5 rings (SSSR count). The normalized spacial score (nSPS) is 23.8. The van der Waals surface area contributed by atoms with Crippen molar-refractivity contribution in [2.24, 2.45) is 0 Å². The molecule has 2 saturated heterocycles. The fraction of sp³-hybridized carbons (Fsp3) is 0.333. The lowest BCUT2D eigenvalue weighted by Gasteiger charge is -2.30. The highest BCUT2D eigenvalue weighted by Gasteiger charge is 2.59. The molecule has 3 aromatic rings. The van der Waals surface area contributed by atoms with Crippen LogP contribution in [0.5, 0.6) is 0 Å². The predicted octanol–water partition coefficient (Wildman–Crippen LogP) is 2.36. The van der Waals surface area contributed by atoms with Crippen LogP contribution < -0.4 is 0 Å². The van der Waals surface area contributed by atoms with Gasteiger partial charge < -0.3 is 28.4 Å². The summed E-state index contributed by atoms with van der Waals surface area (Å²) < 4.78 is 34.9. The lowest BCUT2D eigenvalue weighted by atomic mass is 10.1. The number of carbonyl (C=O) groups is 3. The minimum atomic E-state index is -1.22. The molecule has 5 atom stereocenters. The summed E-state index contributed by atoms with van der Waals surface area (Å²) in [6, 6.07) is 9.35. The molecule has 0 spiro atoms. The summed E-state index contributed by atoms with van der Waals surface area (Å²) in [5.74, 6) is -3.15. The van der Waals surface area contributed by atoms with Crippen LogP contribution in [0.15, 0.2) is 73.6 Å². The van der Waals surface area contributed by atoms with E-state index in [1.807, 2.05) is 0 Å². The van der Waals surface area contributed by atoms with Gasteiger partial charge in [0.2, 0.25) is 0 Å². The molecule has 0 saturated carbocycles. The van der Waals surface area contributed by atoms with E-state index in [9.17, 15) is 14.4 Å². The Labute approximate surface area is 223 Å². The molecule has 202 valence electrons. The van der Waals surface area contributed by atoms with Gasteiger partial charge in [-0.25, -0.2) is 14.4 Å². The first-order chi connectivity index (χ1) is 18.8. The molecule has 12 nitrogen and oxygen atoms in total. The molecule has 39 heavy (non-hydrogen) atoms. The Kier molecular flexibility index (Phi) is 7.59. The molecule has 12 heteroatoms. The second-order valence-electron chi connectivity index (χ2n) is 9.21. The van der Waals surface area contributed by atoms with E-state index in [4.69, 9.17) is 28.4 Å². The number of carbonyl (C=O) groups excluding carboxylic acids is 3. The van der Waals surface area contributed by atoms with Crippen molar-refractivity contribution in [2.75, 3.05) is 6.61 Å². The highest BCUT2D eigenvalue weighted by molar-refractivity contribution is 5.90. The third kappa shape index (κ3) is 6.08. The third-order valence-electron chi connectivity index (χ3n) is 5.97. The van der Waals surface area contributed by atoms with E-state index < -0.39 is 61.0 Å². The fourth-order valence-electron chi connectivity index (χ4n) is 4.22. The maximum Gasteiger partial charge on any atom is 0.340 e. The average Bonchev–Trinajstić information content (AvgIpc) is 3.43. The SMILES string of the molecule is CC1(C)O[C@H]2O[C@H]([C@@H](COC(=O)c3cccnc3)OC(=O)c3cccnc3)[C@H](OC(=O)c3cccnc3)[C@H]2O1. The second kappa shape index (κ2) is 11.2. The Morgan fingerprint density at radius 3 is 1.97 bits per heavy atom. The average molecular weight is 536 g/mol. The Balaban J connectivity index is 1.41. The zero-order chi connectivity index (χ0) is 27.4. The molecule has 0 bridgehead atoms. The van der Waals surface area contributed by atoms with Crippen LogP contribution in [0.3, 0.4) is 0 Å². The molecular weight excluding hydrogens is 510 g/mol. The molecule has 0 N–H and O–H groups in total. The maximum atomic E-state index is 13.0. The van der Waals surface area contributed by atoms with E-state index in [0.717, 1.165) is 0 Å². The third-order valence-corrected chi connectivity index (χ3v) is 5.97. The number of nitrogens with zero attached hydrogens (tertiary/aromatic N) is 3. The minimum absolute atomic E-state index is 0.164. The van der Waals surface area contributed by atoms with Crippen LogP contribution in [-0.2, 0) is 28.4 Å². The van der Waals surface area contributed by atoms with Crippen molar-refractivity contribution in [1.82, 2.24) is 15.0 Å². The lowest BCUT2D eigenvalue weighted by Crippen LogP contribution is -2.47. The lowest BCUT2D eigenvalue weighted by molar-refractivity contribution is -0.227. The van der Waals surface area contributed by atoms with Gasteiger partial charge in [0, 0.05) is 37.2 Å². The van der Waals surface area contributed by atoms with Gasteiger partial charge in [-0.2, -0.15) is 0 Å². The zero-order valence-electron chi connectivity index (χ0n) is 21.0. The number of hydrogen-bond donors (Lipinski definition) is 0. The largest absolute Gasteiger partial charge is 0.458 e. The number of pyridine rings is 3. The first kappa shape index (κ1) is 26.4. The molecule has 5 heterocycles. The molecule has 0 radical (unpaired) electrons. The van der Waals surface area contributed by atoms with Crippen molar-refractivity contribution >= 4 is 17.9 Å². The number of ether oxygens (including phenoxy) is 6. The van der Waals surface area contributed by atoms with Crippen molar-refractivity contribution in [1.29, 1.82) is 0 Å². The Morgan fingerprint density at radius 2 is 1.41 bits per heavy atom. The van der Waals surface area contributed by atoms with Crippen LogP contribution in [-0.4, -0.2) is 76.0 Å². The number of aromatic nitrogens is 3. The summed E-state index contributed by atoms with van der Waals surface area (Å²) in [5.41, 5.74) is 0.564. The van der Waals surface area contributed by atoms with Gasteiger partial charge in [0.1, 0.15) is 12.7 Å². The molecule has 2 fully saturated rings. The van der Waals surface area contributed by atoms with Crippen LogP contribution in [0.4, 0.5) is 0 Å². The van der Waals surface area contributed by atoms with Gasteiger partial charge in [-0.15, -0.1) is 0 Å². The first-order valence-electron chi connectivity index (χ1n) is 12.1. The maximum absolute atomic E-state index is 13.0. The van der Waals surface area contributed by atoms with Crippen molar-refractivity contribution in [2.45, 2.75) is 50.3 Å². The van der Waals surface area contributed by atoms with Crippen LogP contribution in [0.2, 0.25) is 0 Å². The molecule has 2 aliphatic rings. The van der Waals surface area contributed by atoms with Gasteiger partial charge in [0.05, 0.1) is 16.7 Å². The van der Waals surface area contributed by atoms with Gasteiger partial charge in [0.25, 0.3) is 0 Å². The van der Waals surface area contributed by atoms with Crippen LogP contribution in [0.25, 0.3) is 0 Å². The fourth-order valence-corrected chi connectivity index (χ4v) is 4.22. The molecule has 0 aromatic carbocycles. The number of esters is 3. The van der Waals surface area contributed by atoms with E-state index in [0.29, 0.717) is 0 Å².